The molecule has 1 unspecified atom stereocenters. The van der Waals surface area contributed by atoms with E-state index in [0.717, 1.165) is 25.7 Å². The third-order valence-electron chi connectivity index (χ3n) is 5.07. The second kappa shape index (κ2) is 9.22. The molecule has 1 aromatic carbocycles. The summed E-state index contributed by atoms with van der Waals surface area (Å²) in [4.78, 5) is 14.9. The van der Waals surface area contributed by atoms with Crippen LogP contribution in [0.2, 0.25) is 0 Å². The smallest absolute Gasteiger partial charge is 0.250 e. The van der Waals surface area contributed by atoms with E-state index in [1.54, 1.807) is 22.9 Å². The van der Waals surface area contributed by atoms with Crippen molar-refractivity contribution in [3.05, 3.63) is 81.1 Å². The SMILES string of the molecule is [N-]=[N+]=NCC(CO[C@H]1CC[C@@H](c2ccccc2)CC1)n1ccccc1=O. The van der Waals surface area contributed by atoms with Crippen LogP contribution in [0.25, 0.3) is 10.4 Å². The Morgan fingerprint density at radius 1 is 1.12 bits per heavy atom. The molecule has 1 aliphatic carbocycles. The molecule has 1 fully saturated rings. The molecule has 136 valence electrons. The summed E-state index contributed by atoms with van der Waals surface area (Å²) >= 11 is 0. The molecule has 0 amide bonds. The number of aromatic nitrogens is 1. The van der Waals surface area contributed by atoms with Gasteiger partial charge >= 0.3 is 0 Å². The maximum Gasteiger partial charge on any atom is 0.250 e. The molecule has 6 heteroatoms. The summed E-state index contributed by atoms with van der Waals surface area (Å²) in [6.07, 6.45) is 6.16. The molecule has 2 aromatic rings. The molecule has 0 aliphatic heterocycles. The maximum absolute atomic E-state index is 12.0. The Morgan fingerprint density at radius 2 is 1.85 bits per heavy atom. The van der Waals surface area contributed by atoms with Gasteiger partial charge in [-0.05, 0) is 48.8 Å². The summed E-state index contributed by atoms with van der Waals surface area (Å²) in [7, 11) is 0. The molecule has 26 heavy (non-hydrogen) atoms. The fourth-order valence-electron chi connectivity index (χ4n) is 3.63. The first kappa shape index (κ1) is 18.2. The van der Waals surface area contributed by atoms with E-state index in [0.29, 0.717) is 12.5 Å². The predicted molar refractivity (Wildman–Crippen MR) is 101 cm³/mol. The van der Waals surface area contributed by atoms with Gasteiger partial charge in [-0.25, -0.2) is 0 Å². The van der Waals surface area contributed by atoms with Crippen molar-refractivity contribution >= 4 is 0 Å². The Bertz CT molecular complexity index is 791. The number of hydrogen-bond acceptors (Lipinski definition) is 3. The molecule has 1 atom stereocenters. The molecular weight excluding hydrogens is 328 g/mol. The van der Waals surface area contributed by atoms with E-state index in [1.807, 2.05) is 6.07 Å². The molecule has 1 heterocycles. The summed E-state index contributed by atoms with van der Waals surface area (Å²) in [6, 6.07) is 15.4. The fourth-order valence-corrected chi connectivity index (χ4v) is 3.63. The lowest BCUT2D eigenvalue weighted by Crippen LogP contribution is -2.31. The largest absolute Gasteiger partial charge is 0.376 e. The van der Waals surface area contributed by atoms with Crippen LogP contribution in [-0.2, 0) is 4.74 Å². The summed E-state index contributed by atoms with van der Waals surface area (Å²) in [5.41, 5.74) is 9.91. The van der Waals surface area contributed by atoms with E-state index < -0.39 is 0 Å². The Balaban J connectivity index is 1.56. The Hall–Kier alpha value is -2.56. The fraction of sp³-hybridized carbons (Fsp3) is 0.450. The van der Waals surface area contributed by atoms with Crippen LogP contribution in [0.4, 0.5) is 0 Å². The van der Waals surface area contributed by atoms with Gasteiger partial charge in [-0.2, -0.15) is 0 Å². The third kappa shape index (κ3) is 4.75. The molecule has 1 aromatic heterocycles. The number of ether oxygens (including phenoxy) is 1. The molecule has 0 saturated heterocycles. The zero-order valence-corrected chi connectivity index (χ0v) is 14.8. The summed E-state index contributed by atoms with van der Waals surface area (Å²) < 4.78 is 7.68. The molecule has 0 N–H and O–H groups in total. The van der Waals surface area contributed by atoms with Gasteiger partial charge in [0, 0.05) is 23.7 Å². The number of azide groups is 1. The lowest BCUT2D eigenvalue weighted by atomic mass is 9.83. The van der Waals surface area contributed by atoms with E-state index in [-0.39, 0.29) is 24.2 Å². The molecule has 0 bridgehead atoms. The van der Waals surface area contributed by atoms with E-state index >= 15 is 0 Å². The molecular formula is C20H24N4O2. The average Bonchev–Trinajstić information content (AvgIpc) is 2.70. The van der Waals surface area contributed by atoms with Gasteiger partial charge in [0.25, 0.3) is 5.56 Å². The minimum atomic E-state index is -0.272. The minimum Gasteiger partial charge on any atom is -0.376 e. The Morgan fingerprint density at radius 3 is 2.54 bits per heavy atom. The maximum atomic E-state index is 12.0. The van der Waals surface area contributed by atoms with Crippen LogP contribution in [0, 0.1) is 0 Å². The first-order valence-corrected chi connectivity index (χ1v) is 9.12. The van der Waals surface area contributed by atoms with Crippen molar-refractivity contribution in [1.29, 1.82) is 0 Å². The van der Waals surface area contributed by atoms with Crippen molar-refractivity contribution in [2.75, 3.05) is 13.2 Å². The van der Waals surface area contributed by atoms with Crippen LogP contribution >= 0.6 is 0 Å². The van der Waals surface area contributed by atoms with Crippen LogP contribution < -0.4 is 5.56 Å². The second-order valence-electron chi connectivity index (χ2n) is 6.73. The average molecular weight is 352 g/mol. The van der Waals surface area contributed by atoms with Crippen LogP contribution in [-0.4, -0.2) is 23.8 Å². The number of nitrogens with zero attached hydrogens (tertiary/aromatic N) is 4. The van der Waals surface area contributed by atoms with Crippen molar-refractivity contribution in [3.63, 3.8) is 0 Å². The molecule has 6 nitrogen and oxygen atoms in total. The standard InChI is InChI=1S/C20H24N4O2/c21-23-22-14-18(24-13-5-4-8-20(24)25)15-26-19-11-9-17(10-12-19)16-6-2-1-3-7-16/h1-8,13,17-19H,9-12,14-15H2/t17-,18?,19+. The van der Waals surface area contributed by atoms with Crippen molar-refractivity contribution in [2.45, 2.75) is 43.7 Å². The summed E-state index contributed by atoms with van der Waals surface area (Å²) in [5.74, 6) is 0.603. The highest BCUT2D eigenvalue weighted by Crippen LogP contribution is 2.34. The van der Waals surface area contributed by atoms with Gasteiger partial charge in [-0.3, -0.25) is 4.79 Å². The first-order chi connectivity index (χ1) is 12.8. The minimum absolute atomic E-state index is 0.109. The highest BCUT2D eigenvalue weighted by atomic mass is 16.5. The molecule has 3 rings (SSSR count). The van der Waals surface area contributed by atoms with Crippen LogP contribution in [0.3, 0.4) is 0 Å². The number of hydrogen-bond donors (Lipinski definition) is 0. The van der Waals surface area contributed by atoms with Crippen LogP contribution in [0.1, 0.15) is 43.2 Å². The zero-order chi connectivity index (χ0) is 18.2. The highest BCUT2D eigenvalue weighted by Gasteiger charge is 2.24. The van der Waals surface area contributed by atoms with E-state index in [1.165, 1.54) is 11.6 Å². The van der Waals surface area contributed by atoms with E-state index in [4.69, 9.17) is 10.3 Å². The van der Waals surface area contributed by atoms with Crippen molar-refractivity contribution in [3.8, 4) is 0 Å². The van der Waals surface area contributed by atoms with Gasteiger partial charge in [0.1, 0.15) is 0 Å². The highest BCUT2D eigenvalue weighted by molar-refractivity contribution is 5.19. The Kier molecular flexibility index (Phi) is 6.47. The molecule has 0 radical (unpaired) electrons. The van der Waals surface area contributed by atoms with Gasteiger partial charge in [-0.15, -0.1) is 0 Å². The van der Waals surface area contributed by atoms with Gasteiger partial charge in [0.15, 0.2) is 0 Å². The number of rotatable bonds is 7. The first-order valence-electron chi connectivity index (χ1n) is 9.12. The lowest BCUT2D eigenvalue weighted by Gasteiger charge is -2.30. The summed E-state index contributed by atoms with van der Waals surface area (Å²) in [6.45, 7) is 0.587. The zero-order valence-electron chi connectivity index (χ0n) is 14.8. The normalized spacial score (nSPS) is 20.9. The number of pyridine rings is 1. The third-order valence-corrected chi connectivity index (χ3v) is 5.07. The van der Waals surface area contributed by atoms with Crippen LogP contribution in [0.5, 0.6) is 0 Å². The molecule has 0 spiro atoms. The molecule has 1 saturated carbocycles. The monoisotopic (exact) mass is 352 g/mol. The van der Waals surface area contributed by atoms with E-state index in [9.17, 15) is 4.79 Å². The Labute approximate surface area is 153 Å². The number of benzene rings is 1. The van der Waals surface area contributed by atoms with Gasteiger partial charge in [0.2, 0.25) is 0 Å². The van der Waals surface area contributed by atoms with E-state index in [2.05, 4.69) is 34.3 Å². The molecule has 1 aliphatic rings. The van der Waals surface area contributed by atoms with Gasteiger partial charge < -0.3 is 9.30 Å². The van der Waals surface area contributed by atoms with Crippen LogP contribution in [0.15, 0.2) is 64.6 Å². The quantitative estimate of drug-likeness (QED) is 0.419. The lowest BCUT2D eigenvalue weighted by molar-refractivity contribution is 0.00788. The topological polar surface area (TPSA) is 80.0 Å². The van der Waals surface area contributed by atoms with Crippen molar-refractivity contribution in [1.82, 2.24) is 4.57 Å². The van der Waals surface area contributed by atoms with Gasteiger partial charge in [-0.1, -0.05) is 41.5 Å². The predicted octanol–water partition coefficient (Wildman–Crippen LogP) is 4.44. The van der Waals surface area contributed by atoms with Gasteiger partial charge in [0.05, 0.1) is 18.8 Å². The van der Waals surface area contributed by atoms with Crippen molar-refractivity contribution in [2.24, 2.45) is 5.11 Å². The van der Waals surface area contributed by atoms with Crippen molar-refractivity contribution < 1.29 is 4.74 Å². The second-order valence-corrected chi connectivity index (χ2v) is 6.73. The summed E-state index contributed by atoms with van der Waals surface area (Å²) in [5, 5.41) is 3.65.